The second kappa shape index (κ2) is 45.7. The van der Waals surface area contributed by atoms with Crippen molar-refractivity contribution >= 4 is 11.9 Å². The highest BCUT2D eigenvalue weighted by molar-refractivity contribution is 5.70. The van der Waals surface area contributed by atoms with Crippen molar-refractivity contribution < 1.29 is 23.8 Å². The van der Waals surface area contributed by atoms with Gasteiger partial charge in [0.1, 0.15) is 6.61 Å². The van der Waals surface area contributed by atoms with E-state index in [-0.39, 0.29) is 25.2 Å². The molecule has 1 atom stereocenters. The molecule has 0 radical (unpaired) electrons. The summed E-state index contributed by atoms with van der Waals surface area (Å²) in [4.78, 5) is 25.1. The fraction of sp³-hybridized carbons (Fsp3) is 0.569. The first-order chi connectivity index (χ1) is 27.6. The molecule has 5 nitrogen and oxygen atoms in total. The Morgan fingerprint density at radius 2 is 0.804 bits per heavy atom. The lowest BCUT2D eigenvalue weighted by Gasteiger charge is -2.18. The van der Waals surface area contributed by atoms with Crippen molar-refractivity contribution in [3.8, 4) is 0 Å². The van der Waals surface area contributed by atoms with E-state index in [0.717, 1.165) is 103 Å². The molecular formula is C51H80O5. The smallest absolute Gasteiger partial charge is 0.306 e. The molecule has 0 bridgehead atoms. The fourth-order valence-electron chi connectivity index (χ4n) is 5.31. The summed E-state index contributed by atoms with van der Waals surface area (Å²) in [5, 5.41) is 0. The molecule has 0 saturated heterocycles. The highest BCUT2D eigenvalue weighted by atomic mass is 16.6. The minimum atomic E-state index is -0.602. The van der Waals surface area contributed by atoms with Crippen LogP contribution >= 0.6 is 0 Å². The van der Waals surface area contributed by atoms with Crippen LogP contribution in [0.2, 0.25) is 0 Å². The Morgan fingerprint density at radius 3 is 1.27 bits per heavy atom. The minimum Gasteiger partial charge on any atom is -0.462 e. The topological polar surface area (TPSA) is 61.8 Å². The van der Waals surface area contributed by atoms with E-state index >= 15 is 0 Å². The summed E-state index contributed by atoms with van der Waals surface area (Å²) in [6, 6.07) is 0. The molecule has 0 aliphatic carbocycles. The summed E-state index contributed by atoms with van der Waals surface area (Å²) in [6.07, 6.45) is 63.8. The third-order valence-electron chi connectivity index (χ3n) is 8.51. The van der Waals surface area contributed by atoms with Crippen LogP contribution in [0, 0.1) is 0 Å². The first kappa shape index (κ1) is 52.3. The van der Waals surface area contributed by atoms with Gasteiger partial charge in [-0.2, -0.15) is 0 Å². The van der Waals surface area contributed by atoms with Crippen LogP contribution in [-0.4, -0.2) is 37.9 Å². The Balaban J connectivity index is 4.41. The Bertz CT molecular complexity index is 1190. The summed E-state index contributed by atoms with van der Waals surface area (Å²) in [6.45, 7) is 7.25. The molecule has 314 valence electrons. The van der Waals surface area contributed by atoms with E-state index in [1.165, 1.54) is 25.7 Å². The molecule has 0 aromatic carbocycles. The Kier molecular flexibility index (Phi) is 42.7. The number of carbonyl (C=O) groups excluding carboxylic acids is 2. The number of ether oxygens (including phenoxy) is 3. The highest BCUT2D eigenvalue weighted by Crippen LogP contribution is 2.10. The van der Waals surface area contributed by atoms with Crippen LogP contribution < -0.4 is 0 Å². The molecule has 0 rings (SSSR count). The summed E-state index contributed by atoms with van der Waals surface area (Å²) in [5.74, 6) is -0.524. The molecule has 0 aliphatic rings. The Morgan fingerprint density at radius 1 is 0.411 bits per heavy atom. The summed E-state index contributed by atoms with van der Waals surface area (Å²) in [7, 11) is 0. The molecule has 5 heteroatoms. The largest absolute Gasteiger partial charge is 0.462 e. The second-order valence-corrected chi connectivity index (χ2v) is 13.8. The van der Waals surface area contributed by atoms with E-state index in [1.54, 1.807) is 0 Å². The van der Waals surface area contributed by atoms with Crippen molar-refractivity contribution in [2.75, 3.05) is 19.8 Å². The molecule has 0 saturated carbocycles. The molecule has 0 aromatic rings. The van der Waals surface area contributed by atoms with E-state index in [1.807, 2.05) is 0 Å². The number of hydrogen-bond donors (Lipinski definition) is 0. The molecule has 0 heterocycles. The van der Waals surface area contributed by atoms with Crippen molar-refractivity contribution in [2.24, 2.45) is 0 Å². The third-order valence-corrected chi connectivity index (χ3v) is 8.51. The molecule has 0 fully saturated rings. The number of esters is 2. The number of unbranched alkanes of at least 4 members (excludes halogenated alkanes) is 7. The normalized spacial score (nSPS) is 13.4. The van der Waals surface area contributed by atoms with Crippen LogP contribution in [0.3, 0.4) is 0 Å². The maximum atomic E-state index is 12.6. The Hall–Kier alpha value is -3.70. The maximum Gasteiger partial charge on any atom is 0.306 e. The first-order valence-corrected chi connectivity index (χ1v) is 22.1. The summed E-state index contributed by atoms with van der Waals surface area (Å²) < 4.78 is 17.1. The molecule has 0 aliphatic heterocycles. The van der Waals surface area contributed by atoms with E-state index in [0.29, 0.717) is 19.4 Å². The number of allylic oxidation sites excluding steroid dienone is 19. The van der Waals surface area contributed by atoms with Gasteiger partial charge in [0.15, 0.2) is 6.10 Å². The van der Waals surface area contributed by atoms with Gasteiger partial charge in [0.05, 0.1) is 13.2 Å². The fourth-order valence-corrected chi connectivity index (χ4v) is 5.31. The molecule has 0 aromatic heterocycles. The van der Waals surface area contributed by atoms with E-state index in [2.05, 4.69) is 142 Å². The molecule has 0 spiro atoms. The molecular weight excluding hydrogens is 693 g/mol. The van der Waals surface area contributed by atoms with Crippen LogP contribution in [0.25, 0.3) is 0 Å². The quantitative estimate of drug-likeness (QED) is 0.0355. The number of rotatable bonds is 38. The van der Waals surface area contributed by atoms with E-state index in [4.69, 9.17) is 14.2 Å². The zero-order valence-corrected chi connectivity index (χ0v) is 35.8. The average molecular weight is 773 g/mol. The van der Waals surface area contributed by atoms with Gasteiger partial charge >= 0.3 is 11.9 Å². The maximum absolute atomic E-state index is 12.6. The van der Waals surface area contributed by atoms with Crippen LogP contribution in [0.5, 0.6) is 0 Å². The Labute approximate surface area is 344 Å². The van der Waals surface area contributed by atoms with Gasteiger partial charge in [0.25, 0.3) is 0 Å². The predicted octanol–water partition coefficient (Wildman–Crippen LogP) is 14.7. The van der Waals surface area contributed by atoms with Gasteiger partial charge in [-0.25, -0.2) is 0 Å². The lowest BCUT2D eigenvalue weighted by atomic mass is 10.1. The van der Waals surface area contributed by atoms with Crippen molar-refractivity contribution in [1.29, 1.82) is 0 Å². The molecule has 56 heavy (non-hydrogen) atoms. The van der Waals surface area contributed by atoms with Crippen LogP contribution in [-0.2, 0) is 23.8 Å². The number of carbonyl (C=O) groups is 2. The van der Waals surface area contributed by atoms with Crippen LogP contribution in [0.1, 0.15) is 162 Å². The van der Waals surface area contributed by atoms with Crippen LogP contribution in [0.4, 0.5) is 0 Å². The molecule has 0 amide bonds. The van der Waals surface area contributed by atoms with Gasteiger partial charge in [0, 0.05) is 12.8 Å². The number of hydrogen-bond acceptors (Lipinski definition) is 5. The second-order valence-electron chi connectivity index (χ2n) is 13.8. The van der Waals surface area contributed by atoms with E-state index < -0.39 is 6.10 Å². The highest BCUT2D eigenvalue weighted by Gasteiger charge is 2.17. The van der Waals surface area contributed by atoms with Crippen molar-refractivity contribution in [2.45, 2.75) is 168 Å². The van der Waals surface area contributed by atoms with Crippen molar-refractivity contribution in [3.05, 3.63) is 122 Å². The van der Waals surface area contributed by atoms with Crippen molar-refractivity contribution in [1.82, 2.24) is 0 Å². The molecule has 1 unspecified atom stereocenters. The zero-order valence-electron chi connectivity index (χ0n) is 35.8. The standard InChI is InChI=1S/C51H80O5/c1-4-7-10-13-16-18-20-22-24-26-27-29-31-33-36-38-41-44-50(52)55-48-49(56-51(53)45-42-39-35-15-12-9-6-3)47-54-46-43-40-37-34-32-30-28-25-23-21-19-17-14-11-8-5-2/h7-8,10-11,16-19,22-25,27,29-30,32-33,36-37,40,49H,4-6,9,12-15,20-21,26,28,31,34-35,38-39,41-48H2,1-3H3/b10-7-,11-8-,18-16-,19-17-,24-22-,25-23-,29-27-,32-30-,36-33-,40-37-. The van der Waals surface area contributed by atoms with Gasteiger partial charge in [-0.05, 0) is 89.9 Å². The monoisotopic (exact) mass is 773 g/mol. The minimum absolute atomic E-state index is 0.0188. The van der Waals surface area contributed by atoms with Gasteiger partial charge < -0.3 is 14.2 Å². The summed E-state index contributed by atoms with van der Waals surface area (Å²) in [5.41, 5.74) is 0. The third kappa shape index (κ3) is 43.0. The van der Waals surface area contributed by atoms with Crippen LogP contribution in [0.15, 0.2) is 122 Å². The average Bonchev–Trinajstić information content (AvgIpc) is 3.20. The van der Waals surface area contributed by atoms with Crippen molar-refractivity contribution in [3.63, 3.8) is 0 Å². The van der Waals surface area contributed by atoms with Gasteiger partial charge in [-0.15, -0.1) is 0 Å². The lowest BCUT2D eigenvalue weighted by Crippen LogP contribution is -2.30. The SMILES string of the molecule is CC/C=C\C/C=C\C/C=C\C/C=C\C/C=C\CCCC(=O)OCC(COCC/C=C\C/C=C\C/C=C\C/C=C\C/C=C\CC)OC(=O)CCCCCCCCC. The first-order valence-electron chi connectivity index (χ1n) is 22.1. The van der Waals surface area contributed by atoms with Gasteiger partial charge in [-0.1, -0.05) is 181 Å². The zero-order chi connectivity index (χ0) is 40.7. The lowest BCUT2D eigenvalue weighted by molar-refractivity contribution is -0.162. The van der Waals surface area contributed by atoms with E-state index in [9.17, 15) is 9.59 Å². The predicted molar refractivity (Wildman–Crippen MR) is 242 cm³/mol. The van der Waals surface area contributed by atoms with Gasteiger partial charge in [-0.3, -0.25) is 9.59 Å². The molecule has 0 N–H and O–H groups in total. The van der Waals surface area contributed by atoms with Gasteiger partial charge in [0.2, 0.25) is 0 Å². The summed E-state index contributed by atoms with van der Waals surface area (Å²) >= 11 is 0.